The van der Waals surface area contributed by atoms with Gasteiger partial charge in [-0.2, -0.15) is 0 Å². The summed E-state index contributed by atoms with van der Waals surface area (Å²) in [6, 6.07) is 0. The first-order valence-corrected chi connectivity index (χ1v) is 23.6. The van der Waals surface area contributed by atoms with Crippen LogP contribution in [0.15, 0.2) is 60.8 Å². The normalized spacial score (nSPS) is 14.7. The molecule has 0 aliphatic rings. The summed E-state index contributed by atoms with van der Waals surface area (Å²) in [5, 5.41) is 10.3. The summed E-state index contributed by atoms with van der Waals surface area (Å²) < 4.78 is 33.7. The van der Waals surface area contributed by atoms with Crippen molar-refractivity contribution in [3.8, 4) is 0 Å². The molecule has 0 aromatic carbocycles. The van der Waals surface area contributed by atoms with Crippen LogP contribution in [0.2, 0.25) is 0 Å². The fraction of sp³-hybridized carbons (Fsp3) is 0.739. The van der Waals surface area contributed by atoms with Gasteiger partial charge >= 0.3 is 11.9 Å². The van der Waals surface area contributed by atoms with Crippen molar-refractivity contribution < 1.29 is 47.2 Å². The van der Waals surface area contributed by atoms with E-state index in [9.17, 15) is 24.2 Å². The highest BCUT2D eigenvalue weighted by Gasteiger charge is 2.22. The van der Waals surface area contributed by atoms with Crippen molar-refractivity contribution in [1.29, 1.82) is 0 Å². The summed E-state index contributed by atoms with van der Waals surface area (Å²) in [6.07, 6.45) is 41.4. The molecule has 0 saturated carbocycles. The SMILES string of the molecule is CCCCC/C=C\C/C=C\CCCCCCCC(=O)O[C@H](COC(=O)CCCC(O)/C=C/C=C/C/C=C/CCCCCCCC)COP(=O)([O-])OCC[N+](C)(C)C. The van der Waals surface area contributed by atoms with Crippen LogP contribution in [-0.2, 0) is 32.7 Å². The molecule has 11 heteroatoms. The first kappa shape index (κ1) is 54.7. The summed E-state index contributed by atoms with van der Waals surface area (Å²) in [5.41, 5.74) is 0. The quantitative estimate of drug-likeness (QED) is 0.0161. The van der Waals surface area contributed by atoms with E-state index in [0.29, 0.717) is 30.3 Å². The molecule has 0 heterocycles. The Hall–Kier alpha value is -2.33. The third-order valence-corrected chi connectivity index (χ3v) is 10.1. The molecule has 10 nitrogen and oxygen atoms in total. The number of rotatable bonds is 39. The van der Waals surface area contributed by atoms with Gasteiger partial charge in [-0.05, 0) is 70.6 Å². The van der Waals surface area contributed by atoms with Crippen LogP contribution in [0, 0.1) is 0 Å². The fourth-order valence-electron chi connectivity index (χ4n) is 5.57. The zero-order valence-corrected chi connectivity index (χ0v) is 37.5. The Kier molecular flexibility index (Phi) is 36.4. The second-order valence-corrected chi connectivity index (χ2v) is 17.3. The maximum Gasteiger partial charge on any atom is 0.306 e. The van der Waals surface area contributed by atoms with Gasteiger partial charge in [-0.25, -0.2) is 0 Å². The van der Waals surface area contributed by atoms with Crippen molar-refractivity contribution in [2.45, 2.75) is 174 Å². The van der Waals surface area contributed by atoms with E-state index in [1.54, 1.807) is 12.2 Å². The standard InChI is InChI=1S/C46H82NO9P/c1-6-8-10-12-14-16-18-20-21-23-25-27-29-31-33-37-46(50)56-44(42-55-57(51,52)54-40-39-47(3,4)5)41-53-45(49)38-34-36-43(48)35-32-30-28-26-24-22-19-17-15-13-11-9-7-2/h14,16,20-22,24,28,30,32,35,43-44,48H,6-13,15,17-19,23,25-27,29,31,33-34,36-42H2,1-5H3/b16-14-,21-20-,24-22+,30-28+,35-32+/t43?,44-/m1/s1. The fourth-order valence-corrected chi connectivity index (χ4v) is 6.30. The van der Waals surface area contributed by atoms with Crippen LogP contribution in [0.5, 0.6) is 0 Å². The molecule has 0 aromatic heterocycles. The molecule has 0 fully saturated rings. The van der Waals surface area contributed by atoms with Crippen LogP contribution in [0.1, 0.15) is 162 Å². The molecular weight excluding hydrogens is 741 g/mol. The molecule has 3 atom stereocenters. The van der Waals surface area contributed by atoms with Crippen LogP contribution in [0.4, 0.5) is 0 Å². The van der Waals surface area contributed by atoms with E-state index >= 15 is 0 Å². The molecule has 0 aliphatic heterocycles. The Labute approximate surface area is 348 Å². The van der Waals surface area contributed by atoms with E-state index in [1.807, 2.05) is 33.3 Å². The molecular formula is C46H82NO9P. The van der Waals surface area contributed by atoms with Gasteiger partial charge in [0.25, 0.3) is 7.82 Å². The average Bonchev–Trinajstić information content (AvgIpc) is 3.15. The number of esters is 2. The Morgan fingerprint density at radius 1 is 0.649 bits per heavy atom. The number of phosphoric acid groups is 1. The lowest BCUT2D eigenvalue weighted by Crippen LogP contribution is -2.37. The number of quaternary nitrogens is 1. The lowest BCUT2D eigenvalue weighted by Gasteiger charge is -2.28. The number of allylic oxidation sites excluding steroid dienone is 9. The first-order chi connectivity index (χ1) is 27.4. The number of likely N-dealkylation sites (N-methyl/N-ethyl adjacent to an activating group) is 1. The Morgan fingerprint density at radius 3 is 1.79 bits per heavy atom. The number of ether oxygens (including phenoxy) is 2. The Balaban J connectivity index is 4.58. The molecule has 0 aromatic rings. The number of nitrogens with zero attached hydrogens (tertiary/aromatic N) is 1. The van der Waals surface area contributed by atoms with Gasteiger partial charge in [-0.3, -0.25) is 14.2 Å². The largest absolute Gasteiger partial charge is 0.756 e. The van der Waals surface area contributed by atoms with Gasteiger partial charge in [-0.1, -0.05) is 139 Å². The minimum Gasteiger partial charge on any atom is -0.756 e. The highest BCUT2D eigenvalue weighted by atomic mass is 31.2. The van der Waals surface area contributed by atoms with Crippen molar-refractivity contribution in [2.24, 2.45) is 0 Å². The molecule has 0 rings (SSSR count). The number of unbranched alkanes of at least 4 members (excludes halogenated alkanes) is 14. The van der Waals surface area contributed by atoms with Crippen LogP contribution < -0.4 is 4.89 Å². The van der Waals surface area contributed by atoms with Crippen LogP contribution >= 0.6 is 7.82 Å². The topological polar surface area (TPSA) is 131 Å². The molecule has 0 saturated heterocycles. The maximum atomic E-state index is 12.7. The predicted molar refractivity (Wildman–Crippen MR) is 232 cm³/mol. The van der Waals surface area contributed by atoms with E-state index in [4.69, 9.17) is 18.5 Å². The van der Waals surface area contributed by atoms with Crippen molar-refractivity contribution in [3.63, 3.8) is 0 Å². The van der Waals surface area contributed by atoms with Crippen molar-refractivity contribution in [3.05, 3.63) is 60.8 Å². The van der Waals surface area contributed by atoms with E-state index in [-0.39, 0.29) is 26.1 Å². The van der Waals surface area contributed by atoms with Gasteiger partial charge < -0.3 is 33.0 Å². The molecule has 2 unspecified atom stereocenters. The number of hydrogen-bond donors (Lipinski definition) is 1. The molecule has 0 radical (unpaired) electrons. The van der Waals surface area contributed by atoms with E-state index in [2.05, 4.69) is 50.3 Å². The summed E-state index contributed by atoms with van der Waals surface area (Å²) in [4.78, 5) is 37.5. The van der Waals surface area contributed by atoms with Crippen LogP contribution in [-0.4, -0.2) is 81.2 Å². The molecule has 1 N–H and O–H groups in total. The average molecular weight is 824 g/mol. The maximum absolute atomic E-state index is 12.7. The number of phosphoric ester groups is 1. The van der Waals surface area contributed by atoms with E-state index in [1.165, 1.54) is 57.8 Å². The van der Waals surface area contributed by atoms with Gasteiger partial charge in [0.15, 0.2) is 6.10 Å². The Bertz CT molecular complexity index is 1170. The highest BCUT2D eigenvalue weighted by Crippen LogP contribution is 2.38. The van der Waals surface area contributed by atoms with Crippen molar-refractivity contribution >= 4 is 19.8 Å². The second kappa shape index (κ2) is 37.9. The van der Waals surface area contributed by atoms with Gasteiger partial charge in [0.2, 0.25) is 0 Å². The van der Waals surface area contributed by atoms with Crippen LogP contribution in [0.3, 0.4) is 0 Å². The molecule has 57 heavy (non-hydrogen) atoms. The van der Waals surface area contributed by atoms with Crippen LogP contribution in [0.25, 0.3) is 0 Å². The zero-order valence-electron chi connectivity index (χ0n) is 36.6. The van der Waals surface area contributed by atoms with Gasteiger partial charge in [-0.15, -0.1) is 0 Å². The summed E-state index contributed by atoms with van der Waals surface area (Å²) in [6.45, 7) is 3.94. The number of hydrogen-bond acceptors (Lipinski definition) is 9. The molecule has 0 bridgehead atoms. The van der Waals surface area contributed by atoms with E-state index in [0.717, 1.165) is 57.8 Å². The zero-order chi connectivity index (χ0) is 42.3. The van der Waals surface area contributed by atoms with E-state index < -0.39 is 38.6 Å². The number of aliphatic hydroxyl groups is 1. The minimum absolute atomic E-state index is 0.0475. The van der Waals surface area contributed by atoms with Gasteiger partial charge in [0, 0.05) is 12.8 Å². The molecule has 330 valence electrons. The Morgan fingerprint density at radius 2 is 1.18 bits per heavy atom. The highest BCUT2D eigenvalue weighted by molar-refractivity contribution is 7.45. The number of carbonyl (C=O) groups excluding carboxylic acids is 2. The molecule has 0 amide bonds. The summed E-state index contributed by atoms with van der Waals surface area (Å²) >= 11 is 0. The minimum atomic E-state index is -4.67. The van der Waals surface area contributed by atoms with Crippen molar-refractivity contribution in [2.75, 3.05) is 47.5 Å². The summed E-state index contributed by atoms with van der Waals surface area (Å²) in [7, 11) is 1.05. The monoisotopic (exact) mass is 824 g/mol. The summed E-state index contributed by atoms with van der Waals surface area (Å²) in [5.74, 6) is -1.05. The molecule has 0 spiro atoms. The van der Waals surface area contributed by atoms with Gasteiger partial charge in [0.05, 0.1) is 33.9 Å². The second-order valence-electron chi connectivity index (χ2n) is 15.9. The number of carbonyl (C=O) groups is 2. The third kappa shape index (κ3) is 41.6. The first-order valence-electron chi connectivity index (χ1n) is 22.1. The number of aliphatic hydroxyl groups excluding tert-OH is 1. The smallest absolute Gasteiger partial charge is 0.306 e. The lowest BCUT2D eigenvalue weighted by molar-refractivity contribution is -0.870. The van der Waals surface area contributed by atoms with Crippen molar-refractivity contribution in [1.82, 2.24) is 0 Å². The van der Waals surface area contributed by atoms with Gasteiger partial charge in [0.1, 0.15) is 19.8 Å². The predicted octanol–water partition coefficient (Wildman–Crippen LogP) is 10.8. The lowest BCUT2D eigenvalue weighted by atomic mass is 10.1. The molecule has 0 aliphatic carbocycles. The third-order valence-electron chi connectivity index (χ3n) is 9.11.